The summed E-state index contributed by atoms with van der Waals surface area (Å²) in [5.41, 5.74) is 1.57. The molecule has 0 amide bonds. The lowest BCUT2D eigenvalue weighted by Crippen LogP contribution is -2.47. The number of nitrogens with zero attached hydrogens (tertiary/aromatic N) is 3. The smallest absolute Gasteiger partial charge is 0.138 e. The van der Waals surface area contributed by atoms with E-state index in [2.05, 4.69) is 5.32 Å². The molecule has 0 atom stereocenters. The second-order valence-electron chi connectivity index (χ2n) is 5.45. The number of fused-ring (bicyclic) bond motifs is 2. The zero-order valence-corrected chi connectivity index (χ0v) is 13.0. The van der Waals surface area contributed by atoms with Gasteiger partial charge in [-0.3, -0.25) is 0 Å². The molecule has 0 unspecified atom stereocenters. The van der Waals surface area contributed by atoms with Gasteiger partial charge in [-0.2, -0.15) is 0 Å². The molecule has 0 spiro atoms. The molecule has 0 radical (unpaired) electrons. The van der Waals surface area contributed by atoms with Crippen molar-refractivity contribution in [2.24, 2.45) is 4.99 Å². The summed E-state index contributed by atoms with van der Waals surface area (Å²) in [7, 11) is 0. The fraction of sp³-hybridized carbons (Fsp3) is 0.278. The van der Waals surface area contributed by atoms with Gasteiger partial charge in [-0.15, -0.1) is 0 Å². The summed E-state index contributed by atoms with van der Waals surface area (Å²) < 4.78 is 55.8. The lowest BCUT2D eigenvalue weighted by atomic mass is 10.1. The minimum atomic E-state index is -2.18. The Morgan fingerprint density at radius 1 is 1.17 bits per heavy atom. The first-order valence-corrected chi connectivity index (χ1v) is 7.71. The number of likely N-dealkylation sites (N-methyl/N-ethyl adjacent to an activating group) is 1. The molecule has 118 valence electrons. The van der Waals surface area contributed by atoms with Crippen molar-refractivity contribution < 1.29 is 9.60 Å². The minimum absolute atomic E-state index is 0.192. The van der Waals surface area contributed by atoms with E-state index in [4.69, 9.17) is 26.2 Å². The van der Waals surface area contributed by atoms with Crippen molar-refractivity contribution in [3.8, 4) is 0 Å². The molecule has 0 bridgehead atoms. The number of hydrogen-bond donors (Lipinski definition) is 1. The van der Waals surface area contributed by atoms with Crippen LogP contribution in [0.25, 0.3) is 0 Å². The largest absolute Gasteiger partial charge is 0.353 e. The van der Waals surface area contributed by atoms with Crippen LogP contribution in [0.5, 0.6) is 0 Å². The molecule has 0 aliphatic carbocycles. The highest BCUT2D eigenvalue weighted by Crippen LogP contribution is 2.36. The van der Waals surface area contributed by atoms with Crippen molar-refractivity contribution >= 4 is 34.5 Å². The Labute approximate surface area is 151 Å². The third kappa shape index (κ3) is 2.80. The van der Waals surface area contributed by atoms with Gasteiger partial charge in [0, 0.05) is 46.6 Å². The van der Waals surface area contributed by atoms with E-state index in [9.17, 15) is 0 Å². The molecule has 23 heavy (non-hydrogen) atoms. The number of benzene rings is 2. The maximum Gasteiger partial charge on any atom is 0.138 e. The lowest BCUT2D eigenvalue weighted by molar-refractivity contribution is 0.216. The molecule has 2 aromatic rings. The third-order valence-electron chi connectivity index (χ3n) is 3.94. The second-order valence-corrected chi connectivity index (χ2v) is 5.88. The monoisotopic (exact) mass is 333 g/mol. The fourth-order valence-electron chi connectivity index (χ4n) is 2.73. The Balaban J connectivity index is 1.86. The van der Waals surface area contributed by atoms with Crippen LogP contribution < -0.4 is 5.32 Å². The molecule has 1 saturated heterocycles. The standard InChI is InChI=1S/C18H19ClN4/c1-22-8-10-23(11-9-22)18-14-4-2-3-5-15(14)20-16-7-6-13(19)12-17(16)21-18/h2-7,12,20H,8-11H2,1H3/i1D3,2D,3D,4D,5D. The molecular weight excluding hydrogens is 308 g/mol. The van der Waals surface area contributed by atoms with Crippen molar-refractivity contribution in [3.05, 3.63) is 53.0 Å². The van der Waals surface area contributed by atoms with Crippen molar-refractivity contribution in [1.82, 2.24) is 9.80 Å². The molecule has 2 heterocycles. The predicted molar refractivity (Wildman–Crippen MR) is 96.4 cm³/mol. The molecule has 5 heteroatoms. The van der Waals surface area contributed by atoms with Gasteiger partial charge in [0.15, 0.2) is 0 Å². The maximum absolute atomic E-state index is 8.48. The maximum atomic E-state index is 8.48. The molecule has 4 nitrogen and oxygen atoms in total. The molecule has 4 rings (SSSR count). The number of rotatable bonds is 0. The predicted octanol–water partition coefficient (Wildman–Crippen LogP) is 3.72. The summed E-state index contributed by atoms with van der Waals surface area (Å²) in [5.74, 6) is 0.371. The van der Waals surface area contributed by atoms with E-state index in [1.807, 2.05) is 4.90 Å². The lowest BCUT2D eigenvalue weighted by Gasteiger charge is -2.34. The van der Waals surface area contributed by atoms with Crippen LogP contribution in [0.2, 0.25) is 5.02 Å². The van der Waals surface area contributed by atoms with E-state index >= 15 is 0 Å². The topological polar surface area (TPSA) is 30.9 Å². The summed E-state index contributed by atoms with van der Waals surface area (Å²) in [6.07, 6.45) is 0. The number of para-hydroxylation sites is 1. The Kier molecular flexibility index (Phi) is 2.22. The Bertz CT molecular complexity index is 1050. The van der Waals surface area contributed by atoms with Gasteiger partial charge in [0.05, 0.1) is 16.9 Å². The van der Waals surface area contributed by atoms with Crippen molar-refractivity contribution in [2.75, 3.05) is 38.5 Å². The zero-order valence-electron chi connectivity index (χ0n) is 19.3. The van der Waals surface area contributed by atoms with E-state index < -0.39 is 6.98 Å². The zero-order chi connectivity index (χ0) is 21.8. The normalized spacial score (nSPS) is 22.6. The molecule has 0 saturated carbocycles. The summed E-state index contributed by atoms with van der Waals surface area (Å²) in [4.78, 5) is 7.98. The highest BCUT2D eigenvalue weighted by Gasteiger charge is 2.23. The van der Waals surface area contributed by atoms with Gasteiger partial charge in [0.1, 0.15) is 5.84 Å². The van der Waals surface area contributed by atoms with Gasteiger partial charge in [0.25, 0.3) is 0 Å². The van der Waals surface area contributed by atoms with E-state index in [1.54, 1.807) is 18.2 Å². The van der Waals surface area contributed by atoms with Crippen LogP contribution >= 0.6 is 11.6 Å². The van der Waals surface area contributed by atoms with Gasteiger partial charge in [0.2, 0.25) is 0 Å². The molecule has 2 aliphatic heterocycles. The van der Waals surface area contributed by atoms with Crippen LogP contribution in [0.1, 0.15) is 15.2 Å². The quantitative estimate of drug-likeness (QED) is 0.797. The molecule has 1 N–H and O–H groups in total. The van der Waals surface area contributed by atoms with Gasteiger partial charge in [-0.05, 0) is 37.3 Å². The first-order valence-electron chi connectivity index (χ1n) is 10.8. The first kappa shape index (κ1) is 8.71. The van der Waals surface area contributed by atoms with E-state index in [1.165, 1.54) is 4.90 Å². The van der Waals surface area contributed by atoms with Gasteiger partial charge in [-0.25, -0.2) is 4.99 Å². The molecule has 1 fully saturated rings. The number of halogens is 1. The number of hydrogen-bond acceptors (Lipinski definition) is 4. The number of amidine groups is 1. The number of anilines is 2. The summed E-state index contributed by atoms with van der Waals surface area (Å²) in [6, 6.07) is 3.96. The first-order chi connectivity index (χ1) is 14.1. The SMILES string of the molecule is [2H]c1c([2H])c([2H])c2c(c1[2H])Nc1ccc(Cl)cc1N=C2N1CCN(C([2H])([2H])[2H])CC1. The van der Waals surface area contributed by atoms with E-state index in [0.717, 1.165) is 0 Å². The Morgan fingerprint density at radius 2 is 2.00 bits per heavy atom. The number of aliphatic imine (C=N–C) groups is 1. The number of nitrogens with one attached hydrogen (secondary N) is 1. The highest BCUT2D eigenvalue weighted by atomic mass is 35.5. The Morgan fingerprint density at radius 3 is 2.83 bits per heavy atom. The van der Waals surface area contributed by atoms with E-state index in [-0.39, 0.29) is 48.5 Å². The Hall–Kier alpha value is -2.04. The molecule has 0 aromatic heterocycles. The van der Waals surface area contributed by atoms with Crippen molar-refractivity contribution in [3.63, 3.8) is 0 Å². The average Bonchev–Trinajstić information content (AvgIpc) is 2.87. The van der Waals surface area contributed by atoms with Gasteiger partial charge < -0.3 is 15.1 Å². The molecular formula is C18H19ClN4. The van der Waals surface area contributed by atoms with E-state index in [0.29, 0.717) is 35.3 Å². The molecule has 2 aliphatic rings. The summed E-state index contributed by atoms with van der Waals surface area (Å²) in [5, 5.41) is 3.57. The summed E-state index contributed by atoms with van der Waals surface area (Å²) >= 11 is 6.14. The van der Waals surface area contributed by atoms with Crippen LogP contribution in [0.4, 0.5) is 17.1 Å². The van der Waals surface area contributed by atoms with Crippen molar-refractivity contribution in [2.45, 2.75) is 0 Å². The number of piperazine rings is 1. The van der Waals surface area contributed by atoms with Crippen LogP contribution in [-0.4, -0.2) is 48.8 Å². The van der Waals surface area contributed by atoms with Crippen LogP contribution in [-0.2, 0) is 0 Å². The fourth-order valence-corrected chi connectivity index (χ4v) is 2.90. The summed E-state index contributed by atoms with van der Waals surface area (Å²) in [6.45, 7) is -0.900. The van der Waals surface area contributed by atoms with Crippen LogP contribution in [0.15, 0.2) is 47.4 Å². The van der Waals surface area contributed by atoms with Gasteiger partial charge >= 0.3 is 0 Å². The van der Waals surface area contributed by atoms with Crippen molar-refractivity contribution in [1.29, 1.82) is 0 Å². The van der Waals surface area contributed by atoms with Crippen LogP contribution in [0, 0.1) is 0 Å². The second kappa shape index (κ2) is 5.87. The highest BCUT2D eigenvalue weighted by molar-refractivity contribution is 6.31. The minimum Gasteiger partial charge on any atom is -0.353 e. The average molecular weight is 334 g/mol. The van der Waals surface area contributed by atoms with Gasteiger partial charge in [-0.1, -0.05) is 23.7 Å². The van der Waals surface area contributed by atoms with Crippen LogP contribution in [0.3, 0.4) is 0 Å². The molecule has 2 aromatic carbocycles. The third-order valence-corrected chi connectivity index (χ3v) is 4.17.